The van der Waals surface area contributed by atoms with E-state index in [1.165, 1.54) is 0 Å². The summed E-state index contributed by atoms with van der Waals surface area (Å²) in [5, 5.41) is 3.87. The predicted octanol–water partition coefficient (Wildman–Crippen LogP) is 1.50. The summed E-state index contributed by atoms with van der Waals surface area (Å²) in [7, 11) is 3.82. The minimum Gasteiger partial charge on any atom is -0.345 e. The number of aromatic nitrogens is 1. The summed E-state index contributed by atoms with van der Waals surface area (Å²) in [6, 6.07) is 2.27. The van der Waals surface area contributed by atoms with Gasteiger partial charge in [-0.3, -0.25) is 4.79 Å². The normalized spacial score (nSPS) is 17.5. The summed E-state index contributed by atoms with van der Waals surface area (Å²) in [5.74, 6) is 0.0777. The molecule has 1 aromatic rings. The van der Waals surface area contributed by atoms with Gasteiger partial charge in [0, 0.05) is 32.4 Å². The molecule has 0 bridgehead atoms. The molecule has 0 spiro atoms. The number of carbonyl (C=O) groups excluding carboxylic acids is 1. The summed E-state index contributed by atoms with van der Waals surface area (Å²) >= 11 is 5.89. The van der Waals surface area contributed by atoms with Gasteiger partial charge in [0.1, 0.15) is 5.69 Å². The largest absolute Gasteiger partial charge is 0.345 e. The molecule has 5 heteroatoms. The van der Waals surface area contributed by atoms with Crippen LogP contribution < -0.4 is 5.32 Å². The van der Waals surface area contributed by atoms with Gasteiger partial charge in [-0.1, -0.05) is 11.6 Å². The zero-order chi connectivity index (χ0) is 12.4. The van der Waals surface area contributed by atoms with E-state index in [4.69, 9.17) is 11.6 Å². The van der Waals surface area contributed by atoms with Gasteiger partial charge in [-0.05, 0) is 26.0 Å². The Morgan fingerprint density at radius 3 is 2.59 bits per heavy atom. The van der Waals surface area contributed by atoms with Gasteiger partial charge in [0.15, 0.2) is 0 Å². The van der Waals surface area contributed by atoms with Gasteiger partial charge in [0.25, 0.3) is 5.91 Å². The van der Waals surface area contributed by atoms with Crippen LogP contribution in [0.2, 0.25) is 5.02 Å². The molecule has 2 rings (SSSR count). The molecule has 1 N–H and O–H groups in total. The molecular formula is C12H18ClN3O. The van der Waals surface area contributed by atoms with Gasteiger partial charge in [-0.25, -0.2) is 0 Å². The molecule has 17 heavy (non-hydrogen) atoms. The van der Waals surface area contributed by atoms with E-state index >= 15 is 0 Å². The second kappa shape index (κ2) is 5.10. The molecule has 94 valence electrons. The number of halogens is 1. The van der Waals surface area contributed by atoms with Crippen molar-refractivity contribution in [3.63, 3.8) is 0 Å². The standard InChI is InChI=1S/C12H18ClN3O/c1-14-10-3-5-16(6-4-10)12(17)11-7-9(13)8-15(11)2/h7-8,10,14H,3-6H2,1-2H3. The van der Waals surface area contributed by atoms with Gasteiger partial charge in [0.05, 0.1) is 5.02 Å². The van der Waals surface area contributed by atoms with Crippen molar-refractivity contribution in [2.45, 2.75) is 18.9 Å². The van der Waals surface area contributed by atoms with Gasteiger partial charge in [0.2, 0.25) is 0 Å². The number of carbonyl (C=O) groups is 1. The molecule has 0 atom stereocenters. The van der Waals surface area contributed by atoms with E-state index in [1.807, 2.05) is 19.0 Å². The highest BCUT2D eigenvalue weighted by molar-refractivity contribution is 6.31. The van der Waals surface area contributed by atoms with Crippen LogP contribution in [-0.4, -0.2) is 41.6 Å². The number of aryl methyl sites for hydroxylation is 1. The second-order valence-corrected chi connectivity index (χ2v) is 4.95. The van der Waals surface area contributed by atoms with Crippen molar-refractivity contribution in [1.82, 2.24) is 14.8 Å². The molecule has 1 amide bonds. The monoisotopic (exact) mass is 255 g/mol. The molecule has 0 radical (unpaired) electrons. The molecule has 0 aliphatic carbocycles. The van der Waals surface area contributed by atoms with Crippen LogP contribution >= 0.6 is 11.6 Å². The van der Waals surface area contributed by atoms with Gasteiger partial charge in [-0.2, -0.15) is 0 Å². The summed E-state index contributed by atoms with van der Waals surface area (Å²) in [5.41, 5.74) is 0.665. The van der Waals surface area contributed by atoms with Crippen molar-refractivity contribution in [1.29, 1.82) is 0 Å². The first-order valence-corrected chi connectivity index (χ1v) is 6.28. The number of nitrogens with one attached hydrogen (secondary N) is 1. The van der Waals surface area contributed by atoms with Crippen LogP contribution in [-0.2, 0) is 7.05 Å². The van der Waals surface area contributed by atoms with E-state index in [9.17, 15) is 4.79 Å². The molecule has 0 unspecified atom stereocenters. The number of likely N-dealkylation sites (tertiary alicyclic amines) is 1. The molecule has 1 aliphatic heterocycles. The highest BCUT2D eigenvalue weighted by atomic mass is 35.5. The third kappa shape index (κ3) is 2.64. The van der Waals surface area contributed by atoms with Gasteiger partial charge in [-0.15, -0.1) is 0 Å². The second-order valence-electron chi connectivity index (χ2n) is 4.51. The molecule has 1 aromatic heterocycles. The zero-order valence-corrected chi connectivity index (χ0v) is 11.0. The Kier molecular flexibility index (Phi) is 3.74. The van der Waals surface area contributed by atoms with Crippen molar-refractivity contribution in [2.24, 2.45) is 7.05 Å². The Bertz CT molecular complexity index is 408. The Morgan fingerprint density at radius 2 is 2.12 bits per heavy atom. The van der Waals surface area contributed by atoms with E-state index < -0.39 is 0 Å². The lowest BCUT2D eigenvalue weighted by Gasteiger charge is -2.31. The van der Waals surface area contributed by atoms with E-state index in [1.54, 1.807) is 16.8 Å². The average molecular weight is 256 g/mol. The van der Waals surface area contributed by atoms with Crippen LogP contribution in [0.4, 0.5) is 0 Å². The summed E-state index contributed by atoms with van der Waals surface area (Å²) in [6.45, 7) is 1.63. The number of nitrogens with zero attached hydrogens (tertiary/aromatic N) is 2. The number of hydrogen-bond donors (Lipinski definition) is 1. The number of amides is 1. The average Bonchev–Trinajstić information content (AvgIpc) is 2.68. The maximum absolute atomic E-state index is 12.3. The molecule has 1 fully saturated rings. The third-order valence-electron chi connectivity index (χ3n) is 3.38. The molecule has 4 nitrogen and oxygen atoms in total. The Morgan fingerprint density at radius 1 is 1.47 bits per heavy atom. The highest BCUT2D eigenvalue weighted by Crippen LogP contribution is 2.17. The summed E-state index contributed by atoms with van der Waals surface area (Å²) in [6.07, 6.45) is 3.79. The maximum atomic E-state index is 12.3. The van der Waals surface area contributed by atoms with Crippen LogP contribution in [0.15, 0.2) is 12.3 Å². The topological polar surface area (TPSA) is 37.3 Å². The predicted molar refractivity (Wildman–Crippen MR) is 68.4 cm³/mol. The maximum Gasteiger partial charge on any atom is 0.270 e. The smallest absolute Gasteiger partial charge is 0.270 e. The lowest BCUT2D eigenvalue weighted by molar-refractivity contribution is 0.0697. The summed E-state index contributed by atoms with van der Waals surface area (Å²) < 4.78 is 1.79. The van der Waals surface area contributed by atoms with Crippen molar-refractivity contribution < 1.29 is 4.79 Å². The van der Waals surface area contributed by atoms with E-state index in [0.29, 0.717) is 16.8 Å². The Balaban J connectivity index is 2.04. The van der Waals surface area contributed by atoms with Gasteiger partial charge >= 0.3 is 0 Å². The van der Waals surface area contributed by atoms with Crippen LogP contribution in [0.3, 0.4) is 0 Å². The SMILES string of the molecule is CNC1CCN(C(=O)c2cc(Cl)cn2C)CC1. The number of hydrogen-bond acceptors (Lipinski definition) is 2. The highest BCUT2D eigenvalue weighted by Gasteiger charge is 2.24. The van der Waals surface area contributed by atoms with Crippen molar-refractivity contribution >= 4 is 17.5 Å². The lowest BCUT2D eigenvalue weighted by Crippen LogP contribution is -2.44. The quantitative estimate of drug-likeness (QED) is 0.870. The number of piperidine rings is 1. The van der Waals surface area contributed by atoms with Crippen LogP contribution in [0.25, 0.3) is 0 Å². The molecular weight excluding hydrogens is 238 g/mol. The van der Waals surface area contributed by atoms with Crippen LogP contribution in [0.1, 0.15) is 23.3 Å². The van der Waals surface area contributed by atoms with Crippen molar-refractivity contribution in [3.8, 4) is 0 Å². The fourth-order valence-corrected chi connectivity index (χ4v) is 2.52. The Hall–Kier alpha value is -1.00. The van der Waals surface area contributed by atoms with Gasteiger partial charge < -0.3 is 14.8 Å². The molecule has 1 aliphatic rings. The first-order chi connectivity index (χ1) is 8.11. The Labute approximate surface area is 107 Å². The van der Waals surface area contributed by atoms with E-state index in [0.717, 1.165) is 25.9 Å². The first kappa shape index (κ1) is 12.5. The van der Waals surface area contributed by atoms with Crippen molar-refractivity contribution in [3.05, 3.63) is 23.0 Å². The fraction of sp³-hybridized carbons (Fsp3) is 0.583. The van der Waals surface area contributed by atoms with Crippen molar-refractivity contribution in [2.75, 3.05) is 20.1 Å². The molecule has 1 saturated heterocycles. The molecule has 2 heterocycles. The lowest BCUT2D eigenvalue weighted by atomic mass is 10.1. The minimum absolute atomic E-state index is 0.0777. The third-order valence-corrected chi connectivity index (χ3v) is 3.59. The van der Waals surface area contributed by atoms with E-state index in [-0.39, 0.29) is 5.91 Å². The van der Waals surface area contributed by atoms with Crippen LogP contribution in [0, 0.1) is 0 Å². The first-order valence-electron chi connectivity index (χ1n) is 5.90. The number of rotatable bonds is 2. The fourth-order valence-electron chi connectivity index (χ4n) is 2.27. The zero-order valence-electron chi connectivity index (χ0n) is 10.2. The van der Waals surface area contributed by atoms with Crippen LogP contribution in [0.5, 0.6) is 0 Å². The minimum atomic E-state index is 0.0777. The molecule has 0 saturated carbocycles. The summed E-state index contributed by atoms with van der Waals surface area (Å²) in [4.78, 5) is 14.2. The molecule has 0 aromatic carbocycles. The van der Waals surface area contributed by atoms with E-state index in [2.05, 4.69) is 5.32 Å².